The molecule has 0 heterocycles. The maximum Gasteiger partial charge on any atom is 0.322 e. The number of benzene rings is 2. The van der Waals surface area contributed by atoms with Crippen LogP contribution in [0.3, 0.4) is 0 Å². The van der Waals surface area contributed by atoms with Crippen molar-refractivity contribution < 1.29 is 23.1 Å². The second-order valence-corrected chi connectivity index (χ2v) is 6.97. The van der Waals surface area contributed by atoms with Crippen molar-refractivity contribution >= 4 is 21.7 Å². The van der Waals surface area contributed by atoms with E-state index in [-0.39, 0.29) is 4.90 Å². The predicted octanol–water partition coefficient (Wildman–Crippen LogP) is 1.57. The van der Waals surface area contributed by atoms with Gasteiger partial charge in [-0.15, -0.1) is 0 Å². The summed E-state index contributed by atoms with van der Waals surface area (Å²) in [6.07, 6.45) is 1.15. The molecule has 0 radical (unpaired) electrons. The zero-order chi connectivity index (χ0) is 17.0. The molecule has 0 fully saturated rings. The molecule has 2 N–H and O–H groups in total. The van der Waals surface area contributed by atoms with E-state index in [9.17, 15) is 18.0 Å². The van der Waals surface area contributed by atoms with Gasteiger partial charge in [-0.3, -0.25) is 9.59 Å². The zero-order valence-corrected chi connectivity index (χ0v) is 13.1. The van der Waals surface area contributed by atoms with Gasteiger partial charge in [0, 0.05) is 11.8 Å². The molecule has 0 spiro atoms. The number of amides is 1. The molecular formula is C16H15NO5S. The van der Waals surface area contributed by atoms with Gasteiger partial charge in [-0.05, 0) is 35.4 Å². The molecule has 23 heavy (non-hydrogen) atoms. The van der Waals surface area contributed by atoms with Gasteiger partial charge >= 0.3 is 5.97 Å². The van der Waals surface area contributed by atoms with Gasteiger partial charge < -0.3 is 10.4 Å². The average molecular weight is 333 g/mol. The van der Waals surface area contributed by atoms with Crippen molar-refractivity contribution in [2.45, 2.75) is 4.90 Å². The molecule has 0 atom stereocenters. The number of carboxylic acids is 1. The Morgan fingerprint density at radius 1 is 0.957 bits per heavy atom. The van der Waals surface area contributed by atoms with Crippen molar-refractivity contribution in [3.8, 4) is 11.1 Å². The van der Waals surface area contributed by atoms with Crippen molar-refractivity contribution in [3.63, 3.8) is 0 Å². The predicted molar refractivity (Wildman–Crippen MR) is 85.0 cm³/mol. The summed E-state index contributed by atoms with van der Waals surface area (Å²) in [7, 11) is -3.23. The summed E-state index contributed by atoms with van der Waals surface area (Å²) < 4.78 is 22.8. The van der Waals surface area contributed by atoms with E-state index < -0.39 is 28.3 Å². The fourth-order valence-electron chi connectivity index (χ4n) is 1.97. The molecule has 0 saturated heterocycles. The Balaban J connectivity index is 2.16. The van der Waals surface area contributed by atoms with E-state index in [1.807, 2.05) is 0 Å². The van der Waals surface area contributed by atoms with Crippen LogP contribution in [0, 0.1) is 0 Å². The summed E-state index contributed by atoms with van der Waals surface area (Å²) in [5, 5.41) is 10.8. The number of hydrogen-bond donors (Lipinski definition) is 2. The van der Waals surface area contributed by atoms with Gasteiger partial charge in [0.15, 0.2) is 9.84 Å². The summed E-state index contributed by atoms with van der Waals surface area (Å²) in [4.78, 5) is 22.4. The summed E-state index contributed by atoms with van der Waals surface area (Å²) in [5.74, 6) is -1.58. The van der Waals surface area contributed by atoms with Crippen molar-refractivity contribution in [3.05, 3.63) is 54.1 Å². The molecular weight excluding hydrogens is 318 g/mol. The lowest BCUT2D eigenvalue weighted by molar-refractivity contribution is -0.135. The third-order valence-electron chi connectivity index (χ3n) is 3.16. The first-order valence-corrected chi connectivity index (χ1v) is 8.57. The Labute approximate surface area is 133 Å². The Kier molecular flexibility index (Phi) is 4.80. The topological polar surface area (TPSA) is 101 Å². The smallest absolute Gasteiger partial charge is 0.322 e. The maximum absolute atomic E-state index is 11.7. The Bertz CT molecular complexity index is 824. The minimum absolute atomic E-state index is 0.242. The first-order valence-electron chi connectivity index (χ1n) is 6.68. The molecule has 120 valence electrons. The summed E-state index contributed by atoms with van der Waals surface area (Å²) in [5.41, 5.74) is 1.98. The number of hydrogen-bond acceptors (Lipinski definition) is 4. The van der Waals surface area contributed by atoms with E-state index in [2.05, 4.69) is 5.32 Å². The minimum Gasteiger partial charge on any atom is -0.480 e. The molecule has 0 unspecified atom stereocenters. The third kappa shape index (κ3) is 4.40. The van der Waals surface area contributed by atoms with E-state index >= 15 is 0 Å². The van der Waals surface area contributed by atoms with Gasteiger partial charge in [0.25, 0.3) is 5.91 Å². The van der Waals surface area contributed by atoms with Crippen LogP contribution in [0.15, 0.2) is 53.4 Å². The van der Waals surface area contributed by atoms with Crippen LogP contribution in [0.5, 0.6) is 0 Å². The van der Waals surface area contributed by atoms with Crippen LogP contribution in [0.1, 0.15) is 10.4 Å². The highest BCUT2D eigenvalue weighted by molar-refractivity contribution is 7.90. The number of carbonyl (C=O) groups excluding carboxylic acids is 1. The first kappa shape index (κ1) is 16.7. The first-order chi connectivity index (χ1) is 10.8. The molecule has 7 heteroatoms. The molecule has 0 aliphatic heterocycles. The number of carbonyl (C=O) groups is 2. The Morgan fingerprint density at radius 3 is 1.87 bits per heavy atom. The van der Waals surface area contributed by atoms with Crippen LogP contribution in [0.2, 0.25) is 0 Å². The lowest BCUT2D eigenvalue weighted by Crippen LogP contribution is -2.29. The Morgan fingerprint density at radius 2 is 1.43 bits per heavy atom. The normalized spacial score (nSPS) is 11.0. The average Bonchev–Trinajstić information content (AvgIpc) is 2.52. The quantitative estimate of drug-likeness (QED) is 0.865. The number of rotatable bonds is 5. The molecule has 2 rings (SSSR count). The third-order valence-corrected chi connectivity index (χ3v) is 4.29. The van der Waals surface area contributed by atoms with Crippen LogP contribution in [-0.2, 0) is 14.6 Å². The zero-order valence-electron chi connectivity index (χ0n) is 12.3. The van der Waals surface area contributed by atoms with Crippen molar-refractivity contribution in [2.75, 3.05) is 12.8 Å². The van der Waals surface area contributed by atoms with Gasteiger partial charge in [0.1, 0.15) is 6.54 Å². The van der Waals surface area contributed by atoms with Gasteiger partial charge in [-0.25, -0.2) is 8.42 Å². The molecule has 0 aromatic heterocycles. The SMILES string of the molecule is CS(=O)(=O)c1ccc(-c2ccc(C(=O)NCC(=O)O)cc2)cc1. The van der Waals surface area contributed by atoms with Gasteiger partial charge in [-0.2, -0.15) is 0 Å². The summed E-state index contributed by atoms with van der Waals surface area (Å²) in [6.45, 7) is -0.437. The van der Waals surface area contributed by atoms with Crippen LogP contribution in [0.25, 0.3) is 11.1 Å². The second-order valence-electron chi connectivity index (χ2n) is 4.95. The molecule has 0 saturated carbocycles. The maximum atomic E-state index is 11.7. The molecule has 6 nitrogen and oxygen atoms in total. The lowest BCUT2D eigenvalue weighted by Gasteiger charge is -2.06. The molecule has 0 bridgehead atoms. The van der Waals surface area contributed by atoms with E-state index in [4.69, 9.17) is 5.11 Å². The second kappa shape index (κ2) is 6.62. The summed E-state index contributed by atoms with van der Waals surface area (Å²) >= 11 is 0. The minimum atomic E-state index is -3.23. The molecule has 0 aliphatic rings. The lowest BCUT2D eigenvalue weighted by atomic mass is 10.0. The van der Waals surface area contributed by atoms with E-state index in [0.29, 0.717) is 5.56 Å². The van der Waals surface area contributed by atoms with Crippen LogP contribution in [-0.4, -0.2) is 38.2 Å². The number of nitrogens with one attached hydrogen (secondary N) is 1. The van der Waals surface area contributed by atoms with Crippen molar-refractivity contribution in [1.29, 1.82) is 0 Å². The standard InChI is InChI=1S/C16H15NO5S/c1-23(21,22)14-8-6-12(7-9-14)11-2-4-13(5-3-11)16(20)17-10-15(18)19/h2-9H,10H2,1H3,(H,17,20)(H,18,19). The fraction of sp³-hybridized carbons (Fsp3) is 0.125. The highest BCUT2D eigenvalue weighted by atomic mass is 32.2. The highest BCUT2D eigenvalue weighted by Crippen LogP contribution is 2.21. The van der Waals surface area contributed by atoms with Crippen molar-refractivity contribution in [2.24, 2.45) is 0 Å². The molecule has 2 aromatic carbocycles. The monoisotopic (exact) mass is 333 g/mol. The van der Waals surface area contributed by atoms with E-state index in [1.165, 1.54) is 12.1 Å². The highest BCUT2D eigenvalue weighted by Gasteiger charge is 2.09. The van der Waals surface area contributed by atoms with Crippen LogP contribution < -0.4 is 5.32 Å². The number of sulfone groups is 1. The van der Waals surface area contributed by atoms with Gasteiger partial charge in [0.2, 0.25) is 0 Å². The number of carboxylic acid groups (broad SMARTS) is 1. The number of aliphatic carboxylic acids is 1. The fourth-order valence-corrected chi connectivity index (χ4v) is 2.60. The van der Waals surface area contributed by atoms with Crippen LogP contribution in [0.4, 0.5) is 0 Å². The Hall–Kier alpha value is -2.67. The molecule has 2 aromatic rings. The molecule has 1 amide bonds. The van der Waals surface area contributed by atoms with Crippen molar-refractivity contribution in [1.82, 2.24) is 5.32 Å². The van der Waals surface area contributed by atoms with Gasteiger partial charge in [-0.1, -0.05) is 24.3 Å². The largest absolute Gasteiger partial charge is 0.480 e. The van der Waals surface area contributed by atoms with E-state index in [0.717, 1.165) is 17.4 Å². The van der Waals surface area contributed by atoms with Gasteiger partial charge in [0.05, 0.1) is 4.90 Å². The summed E-state index contributed by atoms with van der Waals surface area (Å²) in [6, 6.07) is 13.0. The molecule has 0 aliphatic carbocycles. The van der Waals surface area contributed by atoms with Crippen LogP contribution >= 0.6 is 0 Å². The van der Waals surface area contributed by atoms with E-state index in [1.54, 1.807) is 36.4 Å².